The standard InChI is InChI=1S/C24H36O7/c1-9-14(2)23(27)31-19-13-16(4)21(29-17(5)25)22(30-18(6)26)20(19)15(3)11-10-12-24(7,8)28/h9-10,12-13,15,19-22,28H,11H2,1-8H3/b12-10+,14-9-/t15-,19+,20-,21-,22+/m1/s1. The van der Waals surface area contributed by atoms with E-state index in [4.69, 9.17) is 14.2 Å². The number of rotatable bonds is 8. The van der Waals surface area contributed by atoms with E-state index in [1.54, 1.807) is 52.8 Å². The van der Waals surface area contributed by atoms with Crippen molar-refractivity contribution >= 4 is 17.9 Å². The highest BCUT2D eigenvalue weighted by Gasteiger charge is 2.46. The molecular weight excluding hydrogens is 400 g/mol. The van der Waals surface area contributed by atoms with Gasteiger partial charge in [-0.3, -0.25) is 9.59 Å². The molecule has 1 aliphatic carbocycles. The maximum Gasteiger partial charge on any atom is 0.333 e. The summed E-state index contributed by atoms with van der Waals surface area (Å²) in [5, 5.41) is 9.95. The molecule has 0 aliphatic heterocycles. The number of esters is 3. The first-order valence-corrected chi connectivity index (χ1v) is 10.5. The van der Waals surface area contributed by atoms with E-state index in [1.165, 1.54) is 13.8 Å². The van der Waals surface area contributed by atoms with Crippen LogP contribution in [0.25, 0.3) is 0 Å². The molecule has 5 atom stereocenters. The first-order valence-electron chi connectivity index (χ1n) is 10.5. The van der Waals surface area contributed by atoms with Crippen LogP contribution in [0.4, 0.5) is 0 Å². The van der Waals surface area contributed by atoms with E-state index in [2.05, 4.69) is 0 Å². The van der Waals surface area contributed by atoms with Crippen molar-refractivity contribution in [3.8, 4) is 0 Å². The van der Waals surface area contributed by atoms with E-state index in [1.807, 2.05) is 13.0 Å². The molecule has 7 heteroatoms. The van der Waals surface area contributed by atoms with E-state index in [-0.39, 0.29) is 5.92 Å². The molecule has 0 amide bonds. The Balaban J connectivity index is 3.39. The molecule has 174 valence electrons. The average Bonchev–Trinajstić information content (AvgIpc) is 2.62. The molecule has 0 unspecified atom stereocenters. The SMILES string of the molecule is C/C=C(/C)C(=O)O[C@H]1C=C(C)[C@@H](OC(C)=O)[C@@H](OC(C)=O)[C@@H]1[C@H](C)C/C=C/C(C)(C)O. The number of ether oxygens (including phenoxy) is 3. The lowest BCUT2D eigenvalue weighted by atomic mass is 9.74. The van der Waals surface area contributed by atoms with Crippen molar-refractivity contribution in [1.82, 2.24) is 0 Å². The van der Waals surface area contributed by atoms with Crippen molar-refractivity contribution in [2.24, 2.45) is 11.8 Å². The van der Waals surface area contributed by atoms with Gasteiger partial charge in [-0.05, 0) is 58.6 Å². The molecule has 0 saturated carbocycles. The molecule has 0 spiro atoms. The van der Waals surface area contributed by atoms with E-state index >= 15 is 0 Å². The van der Waals surface area contributed by atoms with E-state index in [0.29, 0.717) is 17.6 Å². The Hall–Kier alpha value is -2.41. The normalized spacial score (nSPS) is 25.6. The Labute approximate surface area is 185 Å². The first-order chi connectivity index (χ1) is 14.3. The van der Waals surface area contributed by atoms with Gasteiger partial charge in [0, 0.05) is 25.3 Å². The quantitative estimate of drug-likeness (QED) is 0.268. The molecule has 7 nitrogen and oxygen atoms in total. The van der Waals surface area contributed by atoms with Gasteiger partial charge < -0.3 is 19.3 Å². The number of allylic oxidation sites excluding steroid dienone is 2. The van der Waals surface area contributed by atoms with Gasteiger partial charge in [0.2, 0.25) is 0 Å². The van der Waals surface area contributed by atoms with Crippen LogP contribution in [0.5, 0.6) is 0 Å². The van der Waals surface area contributed by atoms with Gasteiger partial charge in [-0.1, -0.05) is 25.2 Å². The highest BCUT2D eigenvalue weighted by atomic mass is 16.6. The second-order valence-corrected chi connectivity index (χ2v) is 8.70. The van der Waals surface area contributed by atoms with Crippen molar-refractivity contribution in [1.29, 1.82) is 0 Å². The van der Waals surface area contributed by atoms with Crippen LogP contribution in [-0.2, 0) is 28.6 Å². The third-order valence-electron chi connectivity index (χ3n) is 5.22. The molecule has 1 N–H and O–H groups in total. The van der Waals surface area contributed by atoms with Gasteiger partial charge in [0.25, 0.3) is 0 Å². The van der Waals surface area contributed by atoms with Crippen LogP contribution >= 0.6 is 0 Å². The summed E-state index contributed by atoms with van der Waals surface area (Å²) in [5.74, 6) is -2.07. The molecule has 1 aliphatic rings. The molecule has 0 heterocycles. The fourth-order valence-corrected chi connectivity index (χ4v) is 3.61. The predicted molar refractivity (Wildman–Crippen MR) is 117 cm³/mol. The van der Waals surface area contributed by atoms with Crippen LogP contribution in [0.3, 0.4) is 0 Å². The lowest BCUT2D eigenvalue weighted by Gasteiger charge is -2.42. The lowest BCUT2D eigenvalue weighted by Crippen LogP contribution is -2.51. The van der Waals surface area contributed by atoms with E-state index in [9.17, 15) is 19.5 Å². The maximum atomic E-state index is 12.5. The summed E-state index contributed by atoms with van der Waals surface area (Å²) in [5.41, 5.74) is 0.145. The van der Waals surface area contributed by atoms with Crippen LogP contribution in [0.15, 0.2) is 35.5 Å². The Morgan fingerprint density at radius 3 is 2.19 bits per heavy atom. The zero-order valence-electron chi connectivity index (χ0n) is 19.8. The fraction of sp³-hybridized carbons (Fsp3) is 0.625. The molecular formula is C24H36O7. The van der Waals surface area contributed by atoms with E-state index in [0.717, 1.165) is 0 Å². The van der Waals surface area contributed by atoms with Crippen molar-refractivity contribution in [2.75, 3.05) is 0 Å². The third kappa shape index (κ3) is 8.32. The summed E-state index contributed by atoms with van der Waals surface area (Å²) in [4.78, 5) is 36.1. The highest BCUT2D eigenvalue weighted by Crippen LogP contribution is 2.38. The summed E-state index contributed by atoms with van der Waals surface area (Å²) >= 11 is 0. The molecule has 0 saturated heterocycles. The topological polar surface area (TPSA) is 99.1 Å². The number of carbonyl (C=O) groups excluding carboxylic acids is 3. The number of hydrogen-bond donors (Lipinski definition) is 1. The van der Waals surface area contributed by atoms with Crippen LogP contribution in [0.1, 0.15) is 61.8 Å². The minimum Gasteiger partial charge on any atom is -0.458 e. The van der Waals surface area contributed by atoms with Crippen LogP contribution in [-0.4, -0.2) is 46.9 Å². The van der Waals surface area contributed by atoms with Gasteiger partial charge in [0.05, 0.1) is 5.60 Å². The molecule has 0 fully saturated rings. The zero-order chi connectivity index (χ0) is 23.9. The highest BCUT2D eigenvalue weighted by molar-refractivity contribution is 5.87. The van der Waals surface area contributed by atoms with Crippen molar-refractivity contribution < 1.29 is 33.7 Å². The lowest BCUT2D eigenvalue weighted by molar-refractivity contribution is -0.177. The van der Waals surface area contributed by atoms with Gasteiger partial charge in [0.1, 0.15) is 12.2 Å². The van der Waals surface area contributed by atoms with Crippen molar-refractivity contribution in [2.45, 2.75) is 85.7 Å². The summed E-state index contributed by atoms with van der Waals surface area (Å²) in [6, 6.07) is 0. The van der Waals surface area contributed by atoms with Gasteiger partial charge in [-0.2, -0.15) is 0 Å². The second-order valence-electron chi connectivity index (χ2n) is 8.70. The largest absolute Gasteiger partial charge is 0.458 e. The molecule has 0 aromatic rings. The van der Waals surface area contributed by atoms with E-state index < -0.39 is 47.7 Å². The summed E-state index contributed by atoms with van der Waals surface area (Å²) < 4.78 is 16.9. The smallest absolute Gasteiger partial charge is 0.333 e. The molecule has 0 aromatic heterocycles. The summed E-state index contributed by atoms with van der Waals surface area (Å²) in [7, 11) is 0. The summed E-state index contributed by atoms with van der Waals surface area (Å²) in [6.45, 7) is 13.0. The number of hydrogen-bond acceptors (Lipinski definition) is 7. The fourth-order valence-electron chi connectivity index (χ4n) is 3.61. The number of carbonyl (C=O) groups is 3. The molecule has 1 rings (SSSR count). The summed E-state index contributed by atoms with van der Waals surface area (Å²) in [6.07, 6.45) is 5.21. The van der Waals surface area contributed by atoms with Gasteiger partial charge in [0.15, 0.2) is 6.10 Å². The Morgan fingerprint density at radius 1 is 1.13 bits per heavy atom. The van der Waals surface area contributed by atoms with Crippen molar-refractivity contribution in [3.63, 3.8) is 0 Å². The Morgan fingerprint density at radius 2 is 1.71 bits per heavy atom. The number of aliphatic hydroxyl groups is 1. The Kier molecular flexibility index (Phi) is 9.69. The minimum atomic E-state index is -0.965. The zero-order valence-corrected chi connectivity index (χ0v) is 19.8. The third-order valence-corrected chi connectivity index (χ3v) is 5.22. The van der Waals surface area contributed by atoms with Crippen LogP contribution in [0.2, 0.25) is 0 Å². The van der Waals surface area contributed by atoms with Gasteiger partial charge in [-0.25, -0.2) is 4.79 Å². The van der Waals surface area contributed by atoms with Crippen molar-refractivity contribution in [3.05, 3.63) is 35.5 Å². The molecule has 0 bridgehead atoms. The van der Waals surface area contributed by atoms with Gasteiger partial charge in [-0.15, -0.1) is 0 Å². The maximum absolute atomic E-state index is 12.5. The minimum absolute atomic E-state index is 0.130. The van der Waals surface area contributed by atoms with Gasteiger partial charge >= 0.3 is 17.9 Å². The second kappa shape index (κ2) is 11.3. The average molecular weight is 437 g/mol. The monoisotopic (exact) mass is 436 g/mol. The molecule has 0 radical (unpaired) electrons. The molecule has 31 heavy (non-hydrogen) atoms. The van der Waals surface area contributed by atoms with Crippen LogP contribution in [0, 0.1) is 11.8 Å². The van der Waals surface area contributed by atoms with Crippen LogP contribution < -0.4 is 0 Å². The molecule has 0 aromatic carbocycles. The Bertz CT molecular complexity index is 754. The first kappa shape index (κ1) is 26.6. The predicted octanol–water partition coefficient (Wildman–Crippen LogP) is 3.66.